The third-order valence-electron chi connectivity index (χ3n) is 3.13. The molecule has 0 aliphatic carbocycles. The van der Waals surface area contributed by atoms with E-state index < -0.39 is 5.97 Å². The lowest BCUT2D eigenvalue weighted by Gasteiger charge is -2.07. The molecule has 0 spiro atoms. The molecule has 0 bridgehead atoms. The number of rotatable bonds is 9. The maximum absolute atomic E-state index is 11.9. The minimum Gasteiger partial charge on any atom is -0.481 e. The Hall–Kier alpha value is -1.78. The Labute approximate surface area is 119 Å². The summed E-state index contributed by atoms with van der Waals surface area (Å²) in [4.78, 5) is 22.3. The number of hydrogen-bond donors (Lipinski definition) is 2. The second-order valence-corrected chi connectivity index (χ2v) is 5.17. The summed E-state index contributed by atoms with van der Waals surface area (Å²) in [5.74, 6) is -0.280. The average Bonchev–Trinajstić information content (AvgIpc) is 2.86. The van der Waals surface area contributed by atoms with Gasteiger partial charge in [0.2, 0.25) is 0 Å². The first-order chi connectivity index (χ1) is 9.52. The molecule has 0 unspecified atom stereocenters. The highest BCUT2D eigenvalue weighted by atomic mass is 16.4. The summed E-state index contributed by atoms with van der Waals surface area (Å²) in [7, 11) is 0. The number of carboxylic acids is 1. The van der Waals surface area contributed by atoms with E-state index in [1.54, 1.807) is 0 Å². The lowest BCUT2D eigenvalue weighted by molar-refractivity contribution is -0.137. The van der Waals surface area contributed by atoms with Gasteiger partial charge < -0.3 is 14.8 Å². The van der Waals surface area contributed by atoms with E-state index in [-0.39, 0.29) is 18.2 Å². The third-order valence-corrected chi connectivity index (χ3v) is 3.13. The van der Waals surface area contributed by atoms with E-state index in [9.17, 15) is 9.59 Å². The van der Waals surface area contributed by atoms with E-state index in [4.69, 9.17) is 9.52 Å². The number of furan rings is 1. The van der Waals surface area contributed by atoms with Crippen LogP contribution in [0.15, 0.2) is 16.7 Å². The molecule has 5 nitrogen and oxygen atoms in total. The summed E-state index contributed by atoms with van der Waals surface area (Å²) >= 11 is 0. The Bertz CT molecular complexity index is 437. The van der Waals surface area contributed by atoms with Gasteiger partial charge in [-0.3, -0.25) is 9.59 Å². The molecule has 0 fully saturated rings. The zero-order chi connectivity index (χ0) is 15.0. The zero-order valence-corrected chi connectivity index (χ0v) is 12.1. The van der Waals surface area contributed by atoms with Gasteiger partial charge in [-0.1, -0.05) is 26.7 Å². The Morgan fingerprint density at radius 3 is 2.60 bits per heavy atom. The van der Waals surface area contributed by atoms with Crippen LogP contribution in [0, 0.1) is 0 Å². The van der Waals surface area contributed by atoms with Gasteiger partial charge in [0.15, 0.2) is 5.76 Å². The summed E-state index contributed by atoms with van der Waals surface area (Å²) in [6.45, 7) is 4.62. The lowest BCUT2D eigenvalue weighted by atomic mass is 10.0. The van der Waals surface area contributed by atoms with Gasteiger partial charge >= 0.3 is 5.97 Å². The van der Waals surface area contributed by atoms with Gasteiger partial charge in [0.1, 0.15) is 0 Å². The van der Waals surface area contributed by atoms with E-state index in [0.29, 0.717) is 18.7 Å². The number of unbranched alkanes of at least 4 members (excludes halogenated alkanes) is 3. The van der Waals surface area contributed by atoms with Crippen LogP contribution in [0.25, 0.3) is 0 Å². The summed E-state index contributed by atoms with van der Waals surface area (Å²) < 4.78 is 5.23. The fourth-order valence-electron chi connectivity index (χ4n) is 2.00. The van der Waals surface area contributed by atoms with Gasteiger partial charge in [-0.15, -0.1) is 0 Å². The molecule has 20 heavy (non-hydrogen) atoms. The molecule has 0 aliphatic heterocycles. The van der Waals surface area contributed by atoms with E-state index in [2.05, 4.69) is 5.32 Å². The highest BCUT2D eigenvalue weighted by molar-refractivity contribution is 5.93. The summed E-state index contributed by atoms with van der Waals surface area (Å²) in [6, 6.07) is 1.82. The molecule has 1 rings (SSSR count). The summed E-state index contributed by atoms with van der Waals surface area (Å²) in [5.41, 5.74) is 0.920. The molecular formula is C15H23NO4. The third kappa shape index (κ3) is 5.47. The standard InChI is InChI=1S/C15H23NO4/c1-11(2)12-8-10-20-14(12)15(19)16-9-6-4-3-5-7-13(17)18/h8,10-11H,3-7,9H2,1-2H3,(H,16,19)(H,17,18). The van der Waals surface area contributed by atoms with Crippen molar-refractivity contribution in [2.75, 3.05) is 6.54 Å². The number of amides is 1. The van der Waals surface area contributed by atoms with Crippen molar-refractivity contribution < 1.29 is 19.1 Å². The molecule has 0 aliphatic rings. The van der Waals surface area contributed by atoms with Crippen molar-refractivity contribution in [1.82, 2.24) is 5.32 Å². The molecule has 5 heteroatoms. The molecule has 0 atom stereocenters. The van der Waals surface area contributed by atoms with Gasteiger partial charge in [0.25, 0.3) is 5.91 Å². The van der Waals surface area contributed by atoms with Gasteiger partial charge in [-0.2, -0.15) is 0 Å². The fraction of sp³-hybridized carbons (Fsp3) is 0.600. The SMILES string of the molecule is CC(C)c1ccoc1C(=O)NCCCCCCC(=O)O. The van der Waals surface area contributed by atoms with Crippen LogP contribution in [0.4, 0.5) is 0 Å². The highest BCUT2D eigenvalue weighted by Gasteiger charge is 2.16. The number of carbonyl (C=O) groups is 2. The van der Waals surface area contributed by atoms with Gasteiger partial charge in [0.05, 0.1) is 6.26 Å². The first-order valence-electron chi connectivity index (χ1n) is 7.09. The number of hydrogen-bond acceptors (Lipinski definition) is 3. The van der Waals surface area contributed by atoms with Crippen molar-refractivity contribution in [2.24, 2.45) is 0 Å². The largest absolute Gasteiger partial charge is 0.481 e. The molecule has 1 heterocycles. The Morgan fingerprint density at radius 1 is 1.25 bits per heavy atom. The molecule has 112 valence electrons. The van der Waals surface area contributed by atoms with E-state index in [1.165, 1.54) is 6.26 Å². The van der Waals surface area contributed by atoms with Crippen molar-refractivity contribution >= 4 is 11.9 Å². The molecule has 1 aromatic rings. The smallest absolute Gasteiger partial charge is 0.303 e. The highest BCUT2D eigenvalue weighted by Crippen LogP contribution is 2.20. The summed E-state index contributed by atoms with van der Waals surface area (Å²) in [5, 5.41) is 11.3. The van der Waals surface area contributed by atoms with E-state index >= 15 is 0 Å². The fourth-order valence-corrected chi connectivity index (χ4v) is 2.00. The molecule has 0 aromatic carbocycles. The van der Waals surface area contributed by atoms with Gasteiger partial charge in [-0.05, 0) is 24.8 Å². The lowest BCUT2D eigenvalue weighted by Crippen LogP contribution is -2.25. The van der Waals surface area contributed by atoms with Crippen molar-refractivity contribution in [3.05, 3.63) is 23.7 Å². The van der Waals surface area contributed by atoms with Crippen LogP contribution in [0.3, 0.4) is 0 Å². The Morgan fingerprint density at radius 2 is 1.95 bits per heavy atom. The monoisotopic (exact) mass is 281 g/mol. The Kier molecular flexibility index (Phi) is 6.84. The quantitative estimate of drug-likeness (QED) is 0.681. The predicted octanol–water partition coefficient (Wildman–Crippen LogP) is 3.17. The van der Waals surface area contributed by atoms with Crippen LogP contribution in [0.5, 0.6) is 0 Å². The van der Waals surface area contributed by atoms with Crippen LogP contribution in [0.1, 0.15) is 68.0 Å². The molecular weight excluding hydrogens is 258 g/mol. The molecule has 1 amide bonds. The first-order valence-corrected chi connectivity index (χ1v) is 7.09. The molecule has 0 saturated heterocycles. The van der Waals surface area contributed by atoms with E-state index in [1.807, 2.05) is 19.9 Å². The minimum atomic E-state index is -0.752. The van der Waals surface area contributed by atoms with Crippen LogP contribution in [0.2, 0.25) is 0 Å². The topological polar surface area (TPSA) is 79.5 Å². The summed E-state index contributed by atoms with van der Waals surface area (Å²) in [6.07, 6.45) is 5.09. The normalized spacial score (nSPS) is 10.8. The van der Waals surface area contributed by atoms with Crippen molar-refractivity contribution in [1.29, 1.82) is 0 Å². The second-order valence-electron chi connectivity index (χ2n) is 5.17. The van der Waals surface area contributed by atoms with Crippen LogP contribution in [-0.2, 0) is 4.79 Å². The second kappa shape index (κ2) is 8.40. The van der Waals surface area contributed by atoms with Crippen molar-refractivity contribution in [3.63, 3.8) is 0 Å². The number of nitrogens with one attached hydrogen (secondary N) is 1. The number of aliphatic carboxylic acids is 1. The predicted molar refractivity (Wildman–Crippen MR) is 75.9 cm³/mol. The average molecular weight is 281 g/mol. The molecule has 1 aromatic heterocycles. The maximum Gasteiger partial charge on any atom is 0.303 e. The number of carbonyl (C=O) groups excluding carboxylic acids is 1. The van der Waals surface area contributed by atoms with Crippen LogP contribution < -0.4 is 5.32 Å². The van der Waals surface area contributed by atoms with Gasteiger partial charge in [0, 0.05) is 18.5 Å². The van der Waals surface area contributed by atoms with Crippen molar-refractivity contribution in [2.45, 2.75) is 51.9 Å². The maximum atomic E-state index is 11.9. The van der Waals surface area contributed by atoms with Crippen LogP contribution >= 0.6 is 0 Å². The zero-order valence-electron chi connectivity index (χ0n) is 12.1. The van der Waals surface area contributed by atoms with Crippen LogP contribution in [-0.4, -0.2) is 23.5 Å². The van der Waals surface area contributed by atoms with E-state index in [0.717, 1.165) is 24.8 Å². The van der Waals surface area contributed by atoms with Gasteiger partial charge in [-0.25, -0.2) is 0 Å². The molecule has 0 saturated carbocycles. The molecule has 2 N–H and O–H groups in total. The minimum absolute atomic E-state index is 0.177. The van der Waals surface area contributed by atoms with Crippen molar-refractivity contribution in [3.8, 4) is 0 Å². The number of carboxylic acid groups (broad SMARTS) is 1. The first kappa shape index (κ1) is 16.3. The Balaban J connectivity index is 2.20. The molecule has 0 radical (unpaired) electrons.